The Balaban J connectivity index is 1.56. The smallest absolute Gasteiger partial charge is 0.499 e. The second-order valence-electron chi connectivity index (χ2n) is 9.66. The number of carbonyl (C=O) groups excluding carboxylic acids is 2. The molecule has 1 aromatic rings. The molecule has 0 atom stereocenters. The minimum absolute atomic E-state index is 0.0592. The number of hydrogen-bond donors (Lipinski definition) is 1. The third kappa shape index (κ3) is 4.94. The third-order valence-corrected chi connectivity index (χ3v) is 7.55. The molecule has 1 amide bonds. The molecule has 5 rings (SSSR count). The number of phenols is 1. The van der Waals surface area contributed by atoms with E-state index in [-0.39, 0.29) is 17.2 Å². The summed E-state index contributed by atoms with van der Waals surface area (Å²) in [6.45, 7) is 4.30. The maximum atomic E-state index is 12.6. The van der Waals surface area contributed by atoms with Crippen molar-refractivity contribution >= 4 is 23.8 Å². The first kappa shape index (κ1) is 24.5. The van der Waals surface area contributed by atoms with E-state index in [2.05, 4.69) is 0 Å². The van der Waals surface area contributed by atoms with Crippen molar-refractivity contribution in [3.8, 4) is 17.6 Å². The first-order chi connectivity index (χ1) is 16.7. The predicted molar refractivity (Wildman–Crippen MR) is 124 cm³/mol. The van der Waals surface area contributed by atoms with Crippen LogP contribution in [0.25, 0.3) is 6.08 Å². The molecule has 4 bridgehead atoms. The summed E-state index contributed by atoms with van der Waals surface area (Å²) < 4.78 is 10.9. The zero-order valence-corrected chi connectivity index (χ0v) is 19.8. The lowest BCUT2D eigenvalue weighted by Crippen LogP contribution is -2.50. The highest BCUT2D eigenvalue weighted by Gasteiger charge is 2.50. The molecule has 4 aliphatic carbocycles. The van der Waals surface area contributed by atoms with Crippen LogP contribution in [0.5, 0.6) is 11.5 Å². The Bertz CT molecular complexity index is 1080. The van der Waals surface area contributed by atoms with Gasteiger partial charge in [-0.05, 0) is 87.3 Å². The van der Waals surface area contributed by atoms with E-state index < -0.39 is 34.2 Å². The Kier molecular flexibility index (Phi) is 6.96. The highest BCUT2D eigenvalue weighted by Crippen LogP contribution is 2.54. The number of rotatable bonds is 7. The van der Waals surface area contributed by atoms with Crippen LogP contribution in [0.1, 0.15) is 51.5 Å². The van der Waals surface area contributed by atoms with Crippen LogP contribution >= 0.6 is 0 Å². The summed E-state index contributed by atoms with van der Waals surface area (Å²) in [6.07, 6.45) is 5.24. The van der Waals surface area contributed by atoms with Crippen LogP contribution in [-0.2, 0) is 9.53 Å². The minimum atomic E-state index is -1.03. The largest absolute Gasteiger partial charge is 0.514 e. The van der Waals surface area contributed by atoms with Gasteiger partial charge in [0, 0.05) is 19.2 Å². The Hall–Kier alpha value is -3.61. The van der Waals surface area contributed by atoms with Crippen molar-refractivity contribution in [1.82, 2.24) is 4.90 Å². The summed E-state index contributed by atoms with van der Waals surface area (Å²) in [5.74, 6) is 0.140. The van der Waals surface area contributed by atoms with Gasteiger partial charge < -0.3 is 19.5 Å². The van der Waals surface area contributed by atoms with Gasteiger partial charge in [0.25, 0.3) is 5.91 Å². The van der Waals surface area contributed by atoms with E-state index in [1.807, 2.05) is 6.07 Å². The van der Waals surface area contributed by atoms with E-state index in [0.717, 1.165) is 31.7 Å². The molecule has 0 heterocycles. The van der Waals surface area contributed by atoms with Gasteiger partial charge in [-0.15, -0.1) is 0 Å². The van der Waals surface area contributed by atoms with Crippen LogP contribution < -0.4 is 4.74 Å². The molecule has 186 valence electrons. The SMILES string of the molecule is CCN(CC)C(=O)/C(C#N)=C/c1cc(OC(=O)OC2C3CC4CC(C3)CC2C4)c(O)c([N+](=O)[O-])c1. The maximum absolute atomic E-state index is 12.6. The average Bonchev–Trinajstić information content (AvgIpc) is 2.81. The van der Waals surface area contributed by atoms with E-state index in [0.29, 0.717) is 36.8 Å². The van der Waals surface area contributed by atoms with E-state index in [9.17, 15) is 30.1 Å². The summed E-state index contributed by atoms with van der Waals surface area (Å²) in [5, 5.41) is 31.3. The van der Waals surface area contributed by atoms with Gasteiger partial charge in [-0.2, -0.15) is 5.26 Å². The number of benzene rings is 1. The highest BCUT2D eigenvalue weighted by molar-refractivity contribution is 6.01. The van der Waals surface area contributed by atoms with Crippen LogP contribution in [-0.4, -0.2) is 46.2 Å². The number of carbonyl (C=O) groups is 2. The molecule has 1 aromatic carbocycles. The lowest BCUT2D eigenvalue weighted by Gasteiger charge is -2.53. The van der Waals surface area contributed by atoms with Gasteiger partial charge in [0.2, 0.25) is 5.75 Å². The molecule has 0 unspecified atom stereocenters. The second kappa shape index (κ2) is 9.94. The molecular formula is C25H29N3O7. The quantitative estimate of drug-likeness (QED) is 0.150. The topological polar surface area (TPSA) is 143 Å². The maximum Gasteiger partial charge on any atom is 0.514 e. The molecule has 0 aromatic heterocycles. The number of likely N-dealkylation sites (N-methyl/N-ethyl adjacent to an activating group) is 1. The Morgan fingerprint density at radius 2 is 1.77 bits per heavy atom. The van der Waals surface area contributed by atoms with Crippen LogP contribution in [0.3, 0.4) is 0 Å². The van der Waals surface area contributed by atoms with Crippen LogP contribution in [0.2, 0.25) is 0 Å². The second-order valence-corrected chi connectivity index (χ2v) is 9.66. The van der Waals surface area contributed by atoms with Crippen molar-refractivity contribution in [2.45, 2.75) is 52.1 Å². The van der Waals surface area contributed by atoms with Crippen molar-refractivity contribution in [3.05, 3.63) is 33.4 Å². The fourth-order valence-corrected chi connectivity index (χ4v) is 6.20. The number of nitro benzene ring substituents is 1. The number of hydrogen-bond acceptors (Lipinski definition) is 8. The predicted octanol–water partition coefficient (Wildman–Crippen LogP) is 4.42. The standard InChI is InChI=1S/C25H29N3O7/c1-3-27(4-2)24(30)19(13-26)10-16-11-20(28(32)33)22(29)21(12-16)34-25(31)35-23-17-6-14-5-15(8-17)9-18(23)7-14/h10-12,14-15,17-18,23,29H,3-9H2,1-2H3/b19-10+. The van der Waals surface area contributed by atoms with Crippen LogP contribution in [0.15, 0.2) is 17.7 Å². The molecular weight excluding hydrogens is 454 g/mol. The highest BCUT2D eigenvalue weighted by atomic mass is 16.7. The summed E-state index contributed by atoms with van der Waals surface area (Å²) >= 11 is 0. The summed E-state index contributed by atoms with van der Waals surface area (Å²) in [6, 6.07) is 4.00. The Labute approximate surface area is 203 Å². The monoisotopic (exact) mass is 483 g/mol. The zero-order chi connectivity index (χ0) is 25.3. The number of ether oxygens (including phenoxy) is 2. The molecule has 10 nitrogen and oxygen atoms in total. The third-order valence-electron chi connectivity index (χ3n) is 7.55. The van der Waals surface area contributed by atoms with Crippen molar-refractivity contribution in [1.29, 1.82) is 5.26 Å². The van der Waals surface area contributed by atoms with Crippen molar-refractivity contribution in [2.24, 2.45) is 23.7 Å². The first-order valence-corrected chi connectivity index (χ1v) is 12.0. The van der Waals surface area contributed by atoms with Crippen LogP contribution in [0, 0.1) is 45.1 Å². The van der Waals surface area contributed by atoms with Gasteiger partial charge in [0.05, 0.1) is 4.92 Å². The molecule has 4 saturated carbocycles. The fourth-order valence-electron chi connectivity index (χ4n) is 6.20. The summed E-state index contributed by atoms with van der Waals surface area (Å²) in [7, 11) is 0. The lowest BCUT2D eigenvalue weighted by molar-refractivity contribution is -0.385. The first-order valence-electron chi connectivity index (χ1n) is 12.0. The molecule has 0 radical (unpaired) electrons. The van der Waals surface area contributed by atoms with Gasteiger partial charge in [-0.25, -0.2) is 4.79 Å². The number of nitriles is 1. The molecule has 4 fully saturated rings. The number of phenolic OH excluding ortho intramolecular Hbond substituents is 1. The van der Waals surface area contributed by atoms with Gasteiger partial charge in [0.15, 0.2) is 5.75 Å². The van der Waals surface area contributed by atoms with Crippen molar-refractivity contribution < 1.29 is 29.1 Å². The summed E-state index contributed by atoms with van der Waals surface area (Å²) in [4.78, 5) is 37.3. The van der Waals surface area contributed by atoms with Crippen LogP contribution in [0.4, 0.5) is 10.5 Å². The summed E-state index contributed by atoms with van der Waals surface area (Å²) in [5.41, 5.74) is -0.899. The molecule has 0 aliphatic heterocycles. The zero-order valence-electron chi connectivity index (χ0n) is 19.8. The van der Waals surface area contributed by atoms with Gasteiger partial charge >= 0.3 is 11.8 Å². The number of nitrogens with zero attached hydrogens (tertiary/aromatic N) is 3. The van der Waals surface area contributed by atoms with Gasteiger partial charge in [-0.3, -0.25) is 14.9 Å². The van der Waals surface area contributed by atoms with Gasteiger partial charge in [0.1, 0.15) is 17.7 Å². The number of amides is 1. The van der Waals surface area contributed by atoms with E-state index >= 15 is 0 Å². The average molecular weight is 484 g/mol. The number of aromatic hydroxyl groups is 1. The lowest BCUT2D eigenvalue weighted by atomic mass is 9.55. The van der Waals surface area contributed by atoms with Gasteiger partial charge in [-0.1, -0.05) is 0 Å². The molecule has 4 aliphatic rings. The Morgan fingerprint density at radius 3 is 2.29 bits per heavy atom. The molecule has 0 saturated heterocycles. The van der Waals surface area contributed by atoms with Crippen molar-refractivity contribution in [3.63, 3.8) is 0 Å². The molecule has 0 spiro atoms. The molecule has 1 N–H and O–H groups in total. The van der Waals surface area contributed by atoms with E-state index in [1.54, 1.807) is 13.8 Å². The Morgan fingerprint density at radius 1 is 1.17 bits per heavy atom. The molecule has 10 heteroatoms. The van der Waals surface area contributed by atoms with Crippen molar-refractivity contribution in [2.75, 3.05) is 13.1 Å². The van der Waals surface area contributed by atoms with E-state index in [4.69, 9.17) is 9.47 Å². The normalized spacial score (nSPS) is 26.7. The minimum Gasteiger partial charge on any atom is -0.499 e. The molecule has 35 heavy (non-hydrogen) atoms. The van der Waals surface area contributed by atoms with E-state index in [1.165, 1.54) is 23.5 Å². The fraction of sp³-hybridized carbons (Fsp3) is 0.560. The number of nitro groups is 1.